The Hall–Kier alpha value is -2.21. The van der Waals surface area contributed by atoms with Gasteiger partial charge in [0.2, 0.25) is 5.91 Å². The van der Waals surface area contributed by atoms with Crippen LogP contribution in [0.4, 0.5) is 0 Å². The molecule has 1 aromatic carbocycles. The van der Waals surface area contributed by atoms with Crippen molar-refractivity contribution in [2.75, 3.05) is 27.2 Å². The average Bonchev–Trinajstić information content (AvgIpc) is 3.04. The normalized spacial score (nSPS) is 20.6. The number of nitrogens with zero attached hydrogens (tertiary/aromatic N) is 4. The first-order chi connectivity index (χ1) is 11.9. The number of rotatable bonds is 4. The minimum Gasteiger partial charge on any atom is -0.339 e. The van der Waals surface area contributed by atoms with Crippen molar-refractivity contribution in [3.63, 3.8) is 0 Å². The molecule has 2 aromatic rings. The van der Waals surface area contributed by atoms with Gasteiger partial charge in [-0.05, 0) is 33.0 Å². The number of aryl methyl sites for hydroxylation is 1. The first-order valence-electron chi connectivity index (χ1n) is 8.83. The Morgan fingerprint density at radius 1 is 1.24 bits per heavy atom. The maximum atomic E-state index is 12.8. The van der Waals surface area contributed by atoms with Crippen LogP contribution in [0.5, 0.6) is 0 Å². The maximum absolute atomic E-state index is 12.8. The summed E-state index contributed by atoms with van der Waals surface area (Å²) in [7, 11) is 4.11. The topological polar surface area (TPSA) is 58.4 Å². The molecular weight excluding hydrogens is 316 g/mol. The number of carbonyl (C=O) groups excluding carboxylic acids is 1. The average molecular weight is 342 g/mol. The summed E-state index contributed by atoms with van der Waals surface area (Å²) in [5.41, 5.74) is 0.562. The van der Waals surface area contributed by atoms with E-state index in [4.69, 9.17) is 0 Å². The molecule has 134 valence electrons. The molecule has 0 N–H and O–H groups in total. The number of likely N-dealkylation sites (tertiary alicyclic amines) is 1. The van der Waals surface area contributed by atoms with Crippen molar-refractivity contribution in [1.29, 1.82) is 0 Å². The molecule has 6 nitrogen and oxygen atoms in total. The summed E-state index contributed by atoms with van der Waals surface area (Å²) >= 11 is 0. The van der Waals surface area contributed by atoms with Gasteiger partial charge in [0.1, 0.15) is 6.54 Å². The highest BCUT2D eigenvalue weighted by molar-refractivity contribution is 5.83. The van der Waals surface area contributed by atoms with Gasteiger partial charge in [-0.25, -0.2) is 4.68 Å². The zero-order chi connectivity index (χ0) is 18.1. The smallest absolute Gasteiger partial charge is 0.275 e. The minimum absolute atomic E-state index is 0.00108. The van der Waals surface area contributed by atoms with Crippen LogP contribution >= 0.6 is 0 Å². The van der Waals surface area contributed by atoms with Crippen LogP contribution in [0.15, 0.2) is 29.1 Å². The Kier molecular flexibility index (Phi) is 4.90. The molecule has 0 saturated carbocycles. The van der Waals surface area contributed by atoms with Crippen LogP contribution in [0.2, 0.25) is 0 Å². The summed E-state index contributed by atoms with van der Waals surface area (Å²) < 4.78 is 1.31. The maximum Gasteiger partial charge on any atom is 0.275 e. The molecule has 1 aromatic heterocycles. The Morgan fingerprint density at radius 2 is 1.92 bits per heavy atom. The lowest BCUT2D eigenvalue weighted by molar-refractivity contribution is -0.131. The van der Waals surface area contributed by atoms with Gasteiger partial charge in [0.25, 0.3) is 5.56 Å². The molecule has 1 aliphatic rings. The van der Waals surface area contributed by atoms with E-state index in [2.05, 4.69) is 31.0 Å². The third-order valence-corrected chi connectivity index (χ3v) is 5.28. The second-order valence-electron chi connectivity index (χ2n) is 7.09. The first-order valence-corrected chi connectivity index (χ1v) is 8.83. The largest absolute Gasteiger partial charge is 0.339 e. The van der Waals surface area contributed by atoms with E-state index in [1.165, 1.54) is 4.68 Å². The molecule has 3 rings (SSSR count). The number of hydrogen-bond donors (Lipinski definition) is 0. The molecule has 0 spiro atoms. The summed E-state index contributed by atoms with van der Waals surface area (Å²) in [6.07, 6.45) is 1.04. The van der Waals surface area contributed by atoms with Crippen molar-refractivity contribution in [2.45, 2.75) is 32.9 Å². The lowest BCUT2D eigenvalue weighted by Gasteiger charge is -2.23. The Morgan fingerprint density at radius 3 is 2.52 bits per heavy atom. The SMILES string of the molecule is CC[C@H]1CN(C(=O)Cn2nc(C)c3ccccc3c2=O)C[C@H]1N(C)C. The van der Waals surface area contributed by atoms with Gasteiger partial charge in [-0.1, -0.05) is 31.5 Å². The zero-order valence-corrected chi connectivity index (χ0v) is 15.4. The number of carbonyl (C=O) groups is 1. The Labute approximate surface area is 148 Å². The van der Waals surface area contributed by atoms with Gasteiger partial charge < -0.3 is 9.80 Å². The number of hydrogen-bond acceptors (Lipinski definition) is 4. The third kappa shape index (κ3) is 3.31. The molecule has 2 heterocycles. The van der Waals surface area contributed by atoms with E-state index in [-0.39, 0.29) is 18.0 Å². The third-order valence-electron chi connectivity index (χ3n) is 5.28. The Balaban J connectivity index is 1.83. The van der Waals surface area contributed by atoms with Crippen LogP contribution in [0.3, 0.4) is 0 Å². The molecule has 0 unspecified atom stereocenters. The van der Waals surface area contributed by atoms with Crippen LogP contribution in [-0.2, 0) is 11.3 Å². The highest BCUT2D eigenvalue weighted by atomic mass is 16.2. The predicted octanol–water partition coefficient (Wildman–Crippen LogP) is 1.50. The summed E-state index contributed by atoms with van der Waals surface area (Å²) in [5.74, 6) is 0.439. The Bertz CT molecular complexity index is 843. The van der Waals surface area contributed by atoms with Crippen LogP contribution in [0.25, 0.3) is 10.8 Å². The lowest BCUT2D eigenvalue weighted by atomic mass is 10.0. The van der Waals surface area contributed by atoms with E-state index in [9.17, 15) is 9.59 Å². The fraction of sp³-hybridized carbons (Fsp3) is 0.526. The summed E-state index contributed by atoms with van der Waals surface area (Å²) in [6, 6.07) is 7.78. The van der Waals surface area contributed by atoms with Gasteiger partial charge >= 0.3 is 0 Å². The van der Waals surface area contributed by atoms with Gasteiger partial charge in [0, 0.05) is 24.5 Å². The van der Waals surface area contributed by atoms with Crippen LogP contribution in [0, 0.1) is 12.8 Å². The standard InChI is InChI=1S/C19H26N4O2/c1-5-14-10-22(11-17(14)21(3)4)18(24)12-23-19(25)16-9-7-6-8-15(16)13(2)20-23/h6-9,14,17H,5,10-12H2,1-4H3/t14-,17+/m0/s1. The van der Waals surface area contributed by atoms with Gasteiger partial charge in [-0.15, -0.1) is 0 Å². The van der Waals surface area contributed by atoms with Crippen molar-refractivity contribution >= 4 is 16.7 Å². The molecule has 1 saturated heterocycles. The highest BCUT2D eigenvalue weighted by Gasteiger charge is 2.35. The first kappa shape index (κ1) is 17.6. The molecule has 1 aliphatic heterocycles. The number of likely N-dealkylation sites (N-methyl/N-ethyl adjacent to an activating group) is 1. The lowest BCUT2D eigenvalue weighted by Crippen LogP contribution is -2.38. The van der Waals surface area contributed by atoms with Crippen LogP contribution in [0.1, 0.15) is 19.0 Å². The number of fused-ring (bicyclic) bond motifs is 1. The van der Waals surface area contributed by atoms with Crippen LogP contribution < -0.4 is 5.56 Å². The number of benzene rings is 1. The van der Waals surface area contributed by atoms with E-state index in [1.54, 1.807) is 6.07 Å². The van der Waals surface area contributed by atoms with E-state index in [0.717, 1.165) is 24.0 Å². The van der Waals surface area contributed by atoms with Crippen molar-refractivity contribution in [3.05, 3.63) is 40.3 Å². The highest BCUT2D eigenvalue weighted by Crippen LogP contribution is 2.23. The molecule has 0 radical (unpaired) electrons. The second kappa shape index (κ2) is 6.96. The molecule has 0 aliphatic carbocycles. The van der Waals surface area contributed by atoms with Crippen molar-refractivity contribution in [2.24, 2.45) is 5.92 Å². The van der Waals surface area contributed by atoms with Gasteiger partial charge in [-0.2, -0.15) is 5.10 Å². The number of amides is 1. The number of aromatic nitrogens is 2. The second-order valence-corrected chi connectivity index (χ2v) is 7.09. The molecule has 25 heavy (non-hydrogen) atoms. The molecule has 1 fully saturated rings. The molecule has 2 atom stereocenters. The molecular formula is C19H26N4O2. The van der Waals surface area contributed by atoms with Gasteiger partial charge in [0.05, 0.1) is 11.1 Å². The predicted molar refractivity (Wildman–Crippen MR) is 98.6 cm³/mol. The summed E-state index contributed by atoms with van der Waals surface area (Å²) in [4.78, 5) is 29.5. The monoisotopic (exact) mass is 342 g/mol. The van der Waals surface area contributed by atoms with Crippen molar-refractivity contribution in [3.8, 4) is 0 Å². The minimum atomic E-state index is -0.204. The molecule has 0 bridgehead atoms. The molecule has 1 amide bonds. The van der Waals surface area contributed by atoms with Gasteiger partial charge in [-0.3, -0.25) is 9.59 Å². The quantitative estimate of drug-likeness (QED) is 0.845. The van der Waals surface area contributed by atoms with Crippen molar-refractivity contribution in [1.82, 2.24) is 19.6 Å². The summed E-state index contributed by atoms with van der Waals surface area (Å²) in [6.45, 7) is 5.49. The fourth-order valence-corrected chi connectivity index (χ4v) is 3.78. The molecule has 6 heteroatoms. The van der Waals surface area contributed by atoms with Crippen molar-refractivity contribution < 1.29 is 4.79 Å². The fourth-order valence-electron chi connectivity index (χ4n) is 3.78. The van der Waals surface area contributed by atoms with E-state index in [0.29, 0.717) is 23.9 Å². The summed E-state index contributed by atoms with van der Waals surface area (Å²) in [5, 5.41) is 5.81. The zero-order valence-electron chi connectivity index (χ0n) is 15.4. The van der Waals surface area contributed by atoms with Crippen LogP contribution in [-0.4, -0.2) is 58.7 Å². The van der Waals surface area contributed by atoms with E-state index in [1.807, 2.05) is 30.0 Å². The van der Waals surface area contributed by atoms with E-state index >= 15 is 0 Å². The van der Waals surface area contributed by atoms with Gasteiger partial charge in [0.15, 0.2) is 0 Å². The van der Waals surface area contributed by atoms with E-state index < -0.39 is 0 Å².